The zero-order valence-electron chi connectivity index (χ0n) is 17.8. The van der Waals surface area contributed by atoms with E-state index < -0.39 is 0 Å². The molecule has 0 amide bonds. The van der Waals surface area contributed by atoms with Gasteiger partial charge < -0.3 is 4.74 Å². The maximum absolute atomic E-state index is 11.5. The summed E-state index contributed by atoms with van der Waals surface area (Å²) in [6.07, 6.45) is 22.2. The van der Waals surface area contributed by atoms with Crippen LogP contribution in [0.3, 0.4) is 0 Å². The molecule has 25 heavy (non-hydrogen) atoms. The molecule has 0 aliphatic carbocycles. The minimum Gasteiger partial charge on any atom is -0.469 e. The summed E-state index contributed by atoms with van der Waals surface area (Å²) in [7, 11) is 1.49. The highest BCUT2D eigenvalue weighted by Gasteiger charge is 2.19. The molecule has 0 heterocycles. The quantitative estimate of drug-likeness (QED) is 0.186. The number of methoxy groups -OCH3 is 1. The van der Waals surface area contributed by atoms with Crippen molar-refractivity contribution in [2.45, 2.75) is 124 Å². The van der Waals surface area contributed by atoms with E-state index in [1.165, 1.54) is 103 Å². The van der Waals surface area contributed by atoms with Crippen molar-refractivity contribution in [3.8, 4) is 0 Å². The first-order valence-corrected chi connectivity index (χ1v) is 11.2. The van der Waals surface area contributed by atoms with Gasteiger partial charge in [0.15, 0.2) is 0 Å². The van der Waals surface area contributed by atoms with E-state index in [0.29, 0.717) is 5.92 Å². The molecule has 2 nitrogen and oxygen atoms in total. The molecular weight excluding hydrogens is 308 g/mol. The summed E-state index contributed by atoms with van der Waals surface area (Å²) in [6, 6.07) is 0. The molecule has 0 radical (unpaired) electrons. The summed E-state index contributed by atoms with van der Waals surface area (Å²) in [4.78, 5) is 11.5. The molecule has 2 unspecified atom stereocenters. The molecule has 0 aliphatic heterocycles. The second-order valence-electron chi connectivity index (χ2n) is 8.03. The van der Waals surface area contributed by atoms with Crippen LogP contribution in [0.25, 0.3) is 0 Å². The van der Waals surface area contributed by atoms with Gasteiger partial charge in [0.25, 0.3) is 0 Å². The number of carbonyl (C=O) groups excluding carboxylic acids is 1. The number of esters is 1. The molecule has 0 aliphatic rings. The van der Waals surface area contributed by atoms with Gasteiger partial charge in [-0.1, -0.05) is 117 Å². The van der Waals surface area contributed by atoms with Gasteiger partial charge in [-0.25, -0.2) is 0 Å². The van der Waals surface area contributed by atoms with Crippen LogP contribution in [-0.2, 0) is 9.53 Å². The number of ether oxygens (including phenoxy) is 1. The third-order valence-electron chi connectivity index (χ3n) is 5.69. The Morgan fingerprint density at radius 2 is 1.04 bits per heavy atom. The van der Waals surface area contributed by atoms with Crippen LogP contribution in [0.1, 0.15) is 124 Å². The van der Waals surface area contributed by atoms with Crippen LogP contribution in [0, 0.1) is 11.8 Å². The second-order valence-corrected chi connectivity index (χ2v) is 8.03. The third kappa shape index (κ3) is 15.4. The molecule has 0 aromatic carbocycles. The lowest BCUT2D eigenvalue weighted by Gasteiger charge is -2.17. The van der Waals surface area contributed by atoms with Crippen molar-refractivity contribution in [2.24, 2.45) is 11.8 Å². The summed E-state index contributed by atoms with van der Waals surface area (Å²) >= 11 is 0. The van der Waals surface area contributed by atoms with Gasteiger partial charge in [0.05, 0.1) is 13.0 Å². The van der Waals surface area contributed by atoms with Gasteiger partial charge in [-0.2, -0.15) is 0 Å². The van der Waals surface area contributed by atoms with E-state index in [-0.39, 0.29) is 11.9 Å². The predicted molar refractivity (Wildman–Crippen MR) is 110 cm³/mol. The fourth-order valence-electron chi connectivity index (χ4n) is 3.51. The number of hydrogen-bond donors (Lipinski definition) is 0. The lowest BCUT2D eigenvalue weighted by molar-refractivity contribution is -0.146. The first-order chi connectivity index (χ1) is 12.1. The highest BCUT2D eigenvalue weighted by atomic mass is 16.5. The topological polar surface area (TPSA) is 26.3 Å². The Labute approximate surface area is 158 Å². The van der Waals surface area contributed by atoms with Gasteiger partial charge >= 0.3 is 5.97 Å². The Morgan fingerprint density at radius 1 is 0.680 bits per heavy atom. The molecule has 2 heteroatoms. The molecule has 0 saturated heterocycles. The number of hydrogen-bond acceptors (Lipinski definition) is 2. The van der Waals surface area contributed by atoms with E-state index >= 15 is 0 Å². The highest BCUT2D eigenvalue weighted by Crippen LogP contribution is 2.20. The Hall–Kier alpha value is -0.530. The van der Waals surface area contributed by atoms with Crippen LogP contribution in [0.2, 0.25) is 0 Å². The smallest absolute Gasteiger partial charge is 0.308 e. The second kappa shape index (κ2) is 18.3. The third-order valence-corrected chi connectivity index (χ3v) is 5.69. The number of rotatable bonds is 18. The standard InChI is InChI=1S/C23H46O2/c1-5-6-7-8-9-10-11-12-13-14-15-16-17-18-19-20-21(2)22(3)23(24)25-4/h21-22H,5-20H2,1-4H3. The molecule has 0 aromatic rings. The fourth-order valence-corrected chi connectivity index (χ4v) is 3.51. The van der Waals surface area contributed by atoms with Gasteiger partial charge in [-0.15, -0.1) is 0 Å². The normalized spacial score (nSPS) is 13.6. The predicted octanol–water partition coefficient (Wildman–Crippen LogP) is 7.69. The largest absolute Gasteiger partial charge is 0.469 e. The minimum atomic E-state index is -0.0616. The van der Waals surface area contributed by atoms with Crippen molar-refractivity contribution < 1.29 is 9.53 Å². The Morgan fingerprint density at radius 3 is 1.40 bits per heavy atom. The summed E-state index contributed by atoms with van der Waals surface area (Å²) in [6.45, 7) is 6.44. The molecule has 0 bridgehead atoms. The molecule has 0 aromatic heterocycles. The molecule has 0 spiro atoms. The Balaban J connectivity index is 3.22. The van der Waals surface area contributed by atoms with Crippen molar-refractivity contribution >= 4 is 5.97 Å². The van der Waals surface area contributed by atoms with Crippen molar-refractivity contribution in [1.29, 1.82) is 0 Å². The zero-order valence-corrected chi connectivity index (χ0v) is 17.8. The first kappa shape index (κ1) is 24.5. The van der Waals surface area contributed by atoms with Crippen LogP contribution < -0.4 is 0 Å². The summed E-state index contributed by atoms with van der Waals surface area (Å²) < 4.78 is 4.82. The maximum Gasteiger partial charge on any atom is 0.308 e. The Bertz CT molecular complexity index is 288. The maximum atomic E-state index is 11.5. The molecule has 150 valence electrons. The van der Waals surface area contributed by atoms with E-state index in [0.717, 1.165) is 6.42 Å². The zero-order chi connectivity index (χ0) is 18.8. The van der Waals surface area contributed by atoms with Crippen molar-refractivity contribution in [3.63, 3.8) is 0 Å². The molecule has 0 fully saturated rings. The van der Waals surface area contributed by atoms with E-state index in [1.807, 2.05) is 6.92 Å². The van der Waals surface area contributed by atoms with Gasteiger partial charge in [0.1, 0.15) is 0 Å². The molecular formula is C23H46O2. The van der Waals surface area contributed by atoms with Crippen molar-refractivity contribution in [2.75, 3.05) is 7.11 Å². The van der Waals surface area contributed by atoms with E-state index in [9.17, 15) is 4.79 Å². The average molecular weight is 355 g/mol. The van der Waals surface area contributed by atoms with Crippen molar-refractivity contribution in [1.82, 2.24) is 0 Å². The van der Waals surface area contributed by atoms with Crippen LogP contribution in [0.4, 0.5) is 0 Å². The van der Waals surface area contributed by atoms with Gasteiger partial charge in [-0.05, 0) is 12.3 Å². The van der Waals surface area contributed by atoms with Crippen LogP contribution in [0.5, 0.6) is 0 Å². The SMILES string of the molecule is CCCCCCCCCCCCCCCCCC(C)C(C)C(=O)OC. The van der Waals surface area contributed by atoms with Crippen LogP contribution in [-0.4, -0.2) is 13.1 Å². The molecule has 2 atom stereocenters. The number of unbranched alkanes of at least 4 members (excludes halogenated alkanes) is 14. The first-order valence-electron chi connectivity index (χ1n) is 11.2. The minimum absolute atomic E-state index is 0.0386. The van der Waals surface area contributed by atoms with Crippen LogP contribution in [0.15, 0.2) is 0 Å². The lowest BCUT2D eigenvalue weighted by Crippen LogP contribution is -2.20. The molecule has 0 N–H and O–H groups in total. The monoisotopic (exact) mass is 354 g/mol. The van der Waals surface area contributed by atoms with Crippen molar-refractivity contribution in [3.05, 3.63) is 0 Å². The number of carbonyl (C=O) groups is 1. The Kier molecular flexibility index (Phi) is 17.9. The summed E-state index contributed by atoms with van der Waals surface area (Å²) in [5.74, 6) is 0.416. The lowest BCUT2D eigenvalue weighted by atomic mass is 9.90. The fraction of sp³-hybridized carbons (Fsp3) is 0.957. The summed E-state index contributed by atoms with van der Waals surface area (Å²) in [5, 5.41) is 0. The molecule has 0 rings (SSSR count). The van der Waals surface area contributed by atoms with E-state index in [4.69, 9.17) is 4.74 Å². The molecule has 0 saturated carbocycles. The van der Waals surface area contributed by atoms with E-state index in [1.54, 1.807) is 0 Å². The van der Waals surface area contributed by atoms with Gasteiger partial charge in [0.2, 0.25) is 0 Å². The average Bonchev–Trinajstić information content (AvgIpc) is 2.63. The van der Waals surface area contributed by atoms with E-state index in [2.05, 4.69) is 13.8 Å². The highest BCUT2D eigenvalue weighted by molar-refractivity contribution is 5.72. The summed E-state index contributed by atoms with van der Waals surface area (Å²) in [5.41, 5.74) is 0. The van der Waals surface area contributed by atoms with Gasteiger partial charge in [0, 0.05) is 0 Å². The van der Waals surface area contributed by atoms with Gasteiger partial charge in [-0.3, -0.25) is 4.79 Å². The van der Waals surface area contributed by atoms with Crippen LogP contribution >= 0.6 is 0 Å².